The number of carbonyl (C=O) groups excluding carboxylic acids is 3. The summed E-state index contributed by atoms with van der Waals surface area (Å²) in [7, 11) is 0. The van der Waals surface area contributed by atoms with Crippen molar-refractivity contribution in [2.45, 2.75) is 0 Å². The number of amides is 3. The first kappa shape index (κ1) is 13.5. The smallest absolute Gasteiger partial charge is 0.338 e. The summed E-state index contributed by atoms with van der Waals surface area (Å²) < 4.78 is 5.82. The quantitative estimate of drug-likeness (QED) is 0.855. The van der Waals surface area contributed by atoms with Gasteiger partial charge < -0.3 is 10.1 Å². The first-order valence-electron chi connectivity index (χ1n) is 6.24. The number of rotatable bonds is 3. The monoisotopic (exact) mass is 305 g/mol. The molecule has 1 saturated heterocycles. The van der Waals surface area contributed by atoms with E-state index in [9.17, 15) is 14.4 Å². The Morgan fingerprint density at radius 2 is 2.29 bits per heavy atom. The van der Waals surface area contributed by atoms with Gasteiger partial charge >= 0.3 is 12.0 Å². The number of hydrogen-bond donors (Lipinski definition) is 1. The maximum absolute atomic E-state index is 11.9. The van der Waals surface area contributed by atoms with Gasteiger partial charge in [0, 0.05) is 13.1 Å². The van der Waals surface area contributed by atoms with Crippen LogP contribution in [0.25, 0.3) is 10.2 Å². The molecular formula is C13H11N3O4S. The van der Waals surface area contributed by atoms with Crippen LogP contribution in [0.3, 0.4) is 0 Å². The largest absolute Gasteiger partial charge is 0.452 e. The summed E-state index contributed by atoms with van der Waals surface area (Å²) in [5.74, 6) is -1.13. The van der Waals surface area contributed by atoms with Crippen molar-refractivity contribution in [2.24, 2.45) is 0 Å². The molecule has 108 valence electrons. The van der Waals surface area contributed by atoms with Crippen LogP contribution in [0.15, 0.2) is 23.7 Å². The van der Waals surface area contributed by atoms with Gasteiger partial charge in [-0.25, -0.2) is 14.6 Å². The lowest BCUT2D eigenvalue weighted by molar-refractivity contribution is -0.130. The number of aromatic nitrogens is 1. The average Bonchev–Trinajstić information content (AvgIpc) is 3.11. The van der Waals surface area contributed by atoms with Crippen molar-refractivity contribution in [1.29, 1.82) is 0 Å². The van der Waals surface area contributed by atoms with Gasteiger partial charge in [0.2, 0.25) is 0 Å². The Kier molecular flexibility index (Phi) is 3.53. The number of nitrogens with zero attached hydrogens (tertiary/aromatic N) is 2. The lowest BCUT2D eigenvalue weighted by Gasteiger charge is -2.12. The van der Waals surface area contributed by atoms with Crippen molar-refractivity contribution in [3.8, 4) is 0 Å². The molecule has 0 aliphatic carbocycles. The van der Waals surface area contributed by atoms with E-state index in [0.29, 0.717) is 18.7 Å². The fourth-order valence-electron chi connectivity index (χ4n) is 1.98. The van der Waals surface area contributed by atoms with E-state index < -0.39 is 24.5 Å². The molecule has 1 fully saturated rings. The van der Waals surface area contributed by atoms with E-state index in [1.165, 1.54) is 11.3 Å². The Hall–Kier alpha value is -2.48. The molecule has 0 unspecified atom stereocenters. The maximum atomic E-state index is 11.9. The van der Waals surface area contributed by atoms with E-state index >= 15 is 0 Å². The Morgan fingerprint density at radius 3 is 3.05 bits per heavy atom. The summed E-state index contributed by atoms with van der Waals surface area (Å²) in [6.45, 7) is 0.260. The van der Waals surface area contributed by atoms with Crippen LogP contribution in [-0.2, 0) is 9.53 Å². The summed E-state index contributed by atoms with van der Waals surface area (Å²) in [4.78, 5) is 40.1. The van der Waals surface area contributed by atoms with Crippen LogP contribution in [0.5, 0.6) is 0 Å². The summed E-state index contributed by atoms with van der Waals surface area (Å²) in [6.07, 6.45) is 0. The van der Waals surface area contributed by atoms with Crippen molar-refractivity contribution >= 4 is 39.5 Å². The lowest BCUT2D eigenvalue weighted by atomic mass is 10.2. The van der Waals surface area contributed by atoms with Gasteiger partial charge in [0.05, 0.1) is 21.3 Å². The number of nitrogens with one attached hydrogen (secondary N) is 1. The molecule has 2 aromatic rings. The van der Waals surface area contributed by atoms with Crippen molar-refractivity contribution in [1.82, 2.24) is 15.2 Å². The molecule has 1 aromatic heterocycles. The number of carbonyl (C=O) groups is 3. The van der Waals surface area contributed by atoms with E-state index in [0.717, 1.165) is 15.1 Å². The van der Waals surface area contributed by atoms with E-state index in [-0.39, 0.29) is 0 Å². The van der Waals surface area contributed by atoms with Crippen molar-refractivity contribution < 1.29 is 19.1 Å². The second-order valence-electron chi connectivity index (χ2n) is 4.39. The highest BCUT2D eigenvalue weighted by molar-refractivity contribution is 7.16. The molecule has 0 bridgehead atoms. The highest BCUT2D eigenvalue weighted by Crippen LogP contribution is 2.19. The molecule has 1 aliphatic heterocycles. The van der Waals surface area contributed by atoms with Crippen LogP contribution in [0.1, 0.15) is 10.4 Å². The third kappa shape index (κ3) is 2.70. The van der Waals surface area contributed by atoms with Crippen molar-refractivity contribution in [2.75, 3.05) is 19.7 Å². The van der Waals surface area contributed by atoms with Crippen LogP contribution in [0, 0.1) is 0 Å². The zero-order valence-corrected chi connectivity index (χ0v) is 11.7. The lowest BCUT2D eigenvalue weighted by Crippen LogP contribution is -2.37. The first-order chi connectivity index (χ1) is 10.1. The van der Waals surface area contributed by atoms with E-state index in [1.54, 1.807) is 23.7 Å². The minimum Gasteiger partial charge on any atom is -0.452 e. The topological polar surface area (TPSA) is 88.6 Å². The van der Waals surface area contributed by atoms with Gasteiger partial charge in [-0.3, -0.25) is 9.69 Å². The van der Waals surface area contributed by atoms with Crippen LogP contribution >= 0.6 is 11.3 Å². The molecule has 1 N–H and O–H groups in total. The highest BCUT2D eigenvalue weighted by Gasteiger charge is 2.26. The van der Waals surface area contributed by atoms with Crippen molar-refractivity contribution in [3.63, 3.8) is 0 Å². The van der Waals surface area contributed by atoms with Gasteiger partial charge in [0.15, 0.2) is 6.61 Å². The molecule has 3 amide bonds. The first-order valence-corrected chi connectivity index (χ1v) is 7.12. The third-order valence-electron chi connectivity index (χ3n) is 3.05. The molecule has 0 saturated carbocycles. The molecule has 0 radical (unpaired) electrons. The van der Waals surface area contributed by atoms with E-state index in [4.69, 9.17) is 4.74 Å². The molecule has 2 heterocycles. The molecule has 8 heteroatoms. The molecule has 0 spiro atoms. The minimum absolute atomic E-state index is 0.294. The number of hydrogen-bond acceptors (Lipinski definition) is 6. The van der Waals surface area contributed by atoms with Crippen molar-refractivity contribution in [3.05, 3.63) is 29.3 Å². The van der Waals surface area contributed by atoms with E-state index in [2.05, 4.69) is 10.3 Å². The van der Waals surface area contributed by atoms with Gasteiger partial charge in [-0.2, -0.15) is 0 Å². The Morgan fingerprint density at radius 1 is 1.43 bits per heavy atom. The molecule has 7 nitrogen and oxygen atoms in total. The SMILES string of the molecule is O=C(OCC(=O)N1CCNC1=O)c1ccc2ncsc2c1. The molecular weight excluding hydrogens is 294 g/mol. The molecule has 1 aromatic carbocycles. The zero-order valence-electron chi connectivity index (χ0n) is 10.9. The van der Waals surface area contributed by atoms with Crippen LogP contribution in [0.4, 0.5) is 4.79 Å². The highest BCUT2D eigenvalue weighted by atomic mass is 32.1. The molecule has 21 heavy (non-hydrogen) atoms. The predicted octanol–water partition coefficient (Wildman–Crippen LogP) is 1.00. The van der Waals surface area contributed by atoms with Gasteiger partial charge in [-0.1, -0.05) is 0 Å². The van der Waals surface area contributed by atoms with Gasteiger partial charge in [-0.05, 0) is 18.2 Å². The van der Waals surface area contributed by atoms with E-state index in [1.807, 2.05) is 0 Å². The van der Waals surface area contributed by atoms with Crippen LogP contribution < -0.4 is 5.32 Å². The number of thiazole rings is 1. The molecule has 0 atom stereocenters. The number of imide groups is 1. The second-order valence-corrected chi connectivity index (χ2v) is 5.27. The van der Waals surface area contributed by atoms with Gasteiger partial charge in [0.1, 0.15) is 0 Å². The fourth-order valence-corrected chi connectivity index (χ4v) is 2.70. The summed E-state index contributed by atoms with van der Waals surface area (Å²) >= 11 is 1.42. The van der Waals surface area contributed by atoms with Crippen LogP contribution in [0.2, 0.25) is 0 Å². The number of benzene rings is 1. The van der Waals surface area contributed by atoms with Gasteiger partial charge in [-0.15, -0.1) is 11.3 Å². The number of urea groups is 1. The Bertz CT molecular complexity index is 727. The summed E-state index contributed by atoms with van der Waals surface area (Å²) in [5, 5.41) is 2.51. The number of fused-ring (bicyclic) bond motifs is 1. The maximum Gasteiger partial charge on any atom is 0.338 e. The minimum atomic E-state index is -0.599. The standard InChI is InChI=1S/C13H11N3O4S/c17-11(16-4-3-14-13(16)19)6-20-12(18)8-1-2-9-10(5-8)21-7-15-9/h1-2,5,7H,3-4,6H2,(H,14,19). The number of esters is 1. The zero-order chi connectivity index (χ0) is 14.8. The van der Waals surface area contributed by atoms with Crippen LogP contribution in [-0.4, -0.2) is 47.5 Å². The average molecular weight is 305 g/mol. The second kappa shape index (κ2) is 5.49. The normalized spacial score (nSPS) is 14.3. The van der Waals surface area contributed by atoms with Gasteiger partial charge in [0.25, 0.3) is 5.91 Å². The fraction of sp³-hybridized carbons (Fsp3) is 0.231. The third-order valence-corrected chi connectivity index (χ3v) is 3.84. The summed E-state index contributed by atoms with van der Waals surface area (Å²) in [5.41, 5.74) is 2.85. The Labute approximate surface area is 123 Å². The molecule has 1 aliphatic rings. The Balaban J connectivity index is 1.63. The molecule has 3 rings (SSSR count). The summed E-state index contributed by atoms with van der Waals surface area (Å²) in [6, 6.07) is 4.53. The number of ether oxygens (including phenoxy) is 1. The predicted molar refractivity (Wildman–Crippen MR) is 75.0 cm³/mol.